The SMILES string of the molecule is Cc1ccc(C)c(C(C(=O)Nc2c(C)cccc2Cl)N(CC#N)C(=O)C(Cc2ccccc2)NC(=O)OC(C)(C)C)c1. The van der Waals surface area contributed by atoms with Gasteiger partial charge in [-0.15, -0.1) is 0 Å². The van der Waals surface area contributed by atoms with Gasteiger partial charge < -0.3 is 20.3 Å². The van der Waals surface area contributed by atoms with Gasteiger partial charge in [0.1, 0.15) is 24.2 Å². The first kappa shape index (κ1) is 32.2. The third-order valence-corrected chi connectivity index (χ3v) is 6.87. The Hall–Kier alpha value is -4.35. The Balaban J connectivity index is 2.11. The molecule has 2 N–H and O–H groups in total. The highest BCUT2D eigenvalue weighted by molar-refractivity contribution is 6.34. The maximum atomic E-state index is 14.3. The minimum atomic E-state index is -1.20. The van der Waals surface area contributed by atoms with Crippen LogP contribution < -0.4 is 10.6 Å². The number of carbonyl (C=O) groups is 3. The molecule has 0 spiro atoms. The number of nitrogens with one attached hydrogen (secondary N) is 2. The molecule has 8 nitrogen and oxygen atoms in total. The third-order valence-electron chi connectivity index (χ3n) is 6.56. The molecule has 0 aromatic heterocycles. The number of carbonyl (C=O) groups excluding carboxylic acids is 3. The van der Waals surface area contributed by atoms with Gasteiger partial charge in [0.05, 0.1) is 16.8 Å². The highest BCUT2D eigenvalue weighted by Crippen LogP contribution is 2.31. The molecule has 0 aliphatic carbocycles. The van der Waals surface area contributed by atoms with Crippen LogP contribution in [0.2, 0.25) is 5.02 Å². The van der Waals surface area contributed by atoms with Crippen LogP contribution in [0, 0.1) is 32.1 Å². The summed E-state index contributed by atoms with van der Waals surface area (Å²) in [6.07, 6.45) is -0.667. The predicted molar refractivity (Wildman–Crippen MR) is 164 cm³/mol. The zero-order chi connectivity index (χ0) is 31.0. The molecule has 3 aromatic rings. The van der Waals surface area contributed by atoms with Gasteiger partial charge in [-0.3, -0.25) is 9.59 Å². The molecule has 0 fully saturated rings. The van der Waals surface area contributed by atoms with Gasteiger partial charge in [-0.2, -0.15) is 5.26 Å². The lowest BCUT2D eigenvalue weighted by Crippen LogP contribution is -2.53. The predicted octanol–water partition coefficient (Wildman–Crippen LogP) is 6.43. The number of hydrogen-bond acceptors (Lipinski definition) is 5. The molecule has 2 atom stereocenters. The first-order valence-corrected chi connectivity index (χ1v) is 14.0. The molecule has 0 aliphatic heterocycles. The van der Waals surface area contributed by atoms with Crippen LogP contribution in [0.4, 0.5) is 10.5 Å². The maximum Gasteiger partial charge on any atom is 0.408 e. The van der Waals surface area contributed by atoms with E-state index in [0.717, 1.165) is 22.3 Å². The molecule has 0 heterocycles. The van der Waals surface area contributed by atoms with E-state index in [4.69, 9.17) is 16.3 Å². The lowest BCUT2D eigenvalue weighted by molar-refractivity contribution is -0.140. The van der Waals surface area contributed by atoms with Crippen LogP contribution in [-0.2, 0) is 20.7 Å². The second-order valence-corrected chi connectivity index (χ2v) is 11.6. The van der Waals surface area contributed by atoms with Crippen molar-refractivity contribution >= 4 is 35.2 Å². The molecule has 42 heavy (non-hydrogen) atoms. The number of nitrogens with zero attached hydrogens (tertiary/aromatic N) is 2. The van der Waals surface area contributed by atoms with Crippen molar-refractivity contribution in [3.63, 3.8) is 0 Å². The van der Waals surface area contributed by atoms with Crippen LogP contribution in [0.1, 0.15) is 54.6 Å². The lowest BCUT2D eigenvalue weighted by Gasteiger charge is -2.34. The number of halogens is 1. The number of hydrogen-bond donors (Lipinski definition) is 2. The molecule has 0 bridgehead atoms. The van der Waals surface area contributed by atoms with E-state index < -0.39 is 42.1 Å². The number of aryl methyl sites for hydroxylation is 3. The summed E-state index contributed by atoms with van der Waals surface area (Å²) >= 11 is 6.43. The topological polar surface area (TPSA) is 112 Å². The second kappa shape index (κ2) is 14.0. The highest BCUT2D eigenvalue weighted by atomic mass is 35.5. The van der Waals surface area contributed by atoms with E-state index in [1.807, 2.05) is 81.4 Å². The van der Waals surface area contributed by atoms with Crippen molar-refractivity contribution < 1.29 is 19.1 Å². The molecular weight excluding hydrogens is 552 g/mol. The fraction of sp³-hybridized carbons (Fsp3) is 0.333. The normalized spacial score (nSPS) is 12.4. The lowest BCUT2D eigenvalue weighted by atomic mass is 9.95. The average molecular weight is 589 g/mol. The minimum Gasteiger partial charge on any atom is -0.444 e. The van der Waals surface area contributed by atoms with Crippen molar-refractivity contribution in [2.75, 3.05) is 11.9 Å². The summed E-state index contributed by atoms with van der Waals surface area (Å²) in [6, 6.07) is 19.7. The van der Waals surface area contributed by atoms with Gasteiger partial charge in [-0.1, -0.05) is 77.8 Å². The molecule has 2 unspecified atom stereocenters. The Morgan fingerprint density at radius 3 is 2.29 bits per heavy atom. The standard InChI is InChI=1S/C33H37ClN4O4/c1-21-15-16-22(2)25(19-21)29(30(39)37-28-23(3)11-10-14-26(28)34)38(18-17-35)31(40)27(20-24-12-8-7-9-13-24)36-32(41)42-33(4,5)6/h7-16,19,27,29H,18,20H2,1-6H3,(H,36,41)(H,37,39). The van der Waals surface area contributed by atoms with Crippen LogP contribution in [-0.4, -0.2) is 41.0 Å². The summed E-state index contributed by atoms with van der Waals surface area (Å²) in [6.45, 7) is 10.3. The molecular formula is C33H37ClN4O4. The molecule has 3 aromatic carbocycles. The number of anilines is 1. The molecule has 0 saturated carbocycles. The largest absolute Gasteiger partial charge is 0.444 e. The van der Waals surface area contributed by atoms with Gasteiger partial charge >= 0.3 is 6.09 Å². The number of benzene rings is 3. The van der Waals surface area contributed by atoms with Crippen molar-refractivity contribution in [3.05, 3.63) is 99.6 Å². The molecule has 220 valence electrons. The molecule has 3 amide bonds. The van der Waals surface area contributed by atoms with E-state index in [2.05, 4.69) is 10.6 Å². The number of alkyl carbamates (subject to hydrolysis) is 1. The molecule has 0 saturated heterocycles. The van der Waals surface area contributed by atoms with Crippen LogP contribution in [0.15, 0.2) is 66.7 Å². The zero-order valence-corrected chi connectivity index (χ0v) is 25.6. The summed E-state index contributed by atoms with van der Waals surface area (Å²) in [7, 11) is 0. The van der Waals surface area contributed by atoms with Crippen LogP contribution in [0.3, 0.4) is 0 Å². The first-order chi connectivity index (χ1) is 19.8. The van der Waals surface area contributed by atoms with E-state index in [9.17, 15) is 19.6 Å². The quantitative estimate of drug-likeness (QED) is 0.280. The Morgan fingerprint density at radius 1 is 0.976 bits per heavy atom. The van der Waals surface area contributed by atoms with E-state index in [1.165, 1.54) is 4.90 Å². The number of ether oxygens (including phenoxy) is 1. The van der Waals surface area contributed by atoms with Gasteiger partial charge in [0, 0.05) is 6.42 Å². The van der Waals surface area contributed by atoms with E-state index in [0.29, 0.717) is 16.3 Å². The fourth-order valence-corrected chi connectivity index (χ4v) is 4.83. The Labute approximate surface area is 252 Å². The Morgan fingerprint density at radius 2 is 1.67 bits per heavy atom. The van der Waals surface area contributed by atoms with Gasteiger partial charge in [-0.25, -0.2) is 4.79 Å². The van der Waals surface area contributed by atoms with E-state index in [-0.39, 0.29) is 6.42 Å². The number of rotatable bonds is 9. The van der Waals surface area contributed by atoms with Gasteiger partial charge in [0.15, 0.2) is 0 Å². The highest BCUT2D eigenvalue weighted by Gasteiger charge is 2.37. The summed E-state index contributed by atoms with van der Waals surface area (Å²) < 4.78 is 5.45. The van der Waals surface area contributed by atoms with Crippen LogP contribution >= 0.6 is 11.6 Å². The van der Waals surface area contributed by atoms with Crippen molar-refractivity contribution in [2.45, 2.75) is 65.6 Å². The maximum absolute atomic E-state index is 14.3. The summed E-state index contributed by atoms with van der Waals surface area (Å²) in [4.78, 5) is 42.5. The van der Waals surface area contributed by atoms with Crippen molar-refractivity contribution in [2.24, 2.45) is 0 Å². The van der Waals surface area contributed by atoms with Crippen molar-refractivity contribution in [3.8, 4) is 6.07 Å². The minimum absolute atomic E-state index is 0.117. The second-order valence-electron chi connectivity index (χ2n) is 11.2. The zero-order valence-electron chi connectivity index (χ0n) is 24.8. The number of amides is 3. The molecule has 0 radical (unpaired) electrons. The fourth-order valence-electron chi connectivity index (χ4n) is 4.56. The first-order valence-electron chi connectivity index (χ1n) is 13.6. The van der Waals surface area contributed by atoms with E-state index in [1.54, 1.807) is 32.9 Å². The van der Waals surface area contributed by atoms with Gasteiger partial charge in [-0.05, 0) is 69.9 Å². The van der Waals surface area contributed by atoms with Crippen molar-refractivity contribution in [1.82, 2.24) is 10.2 Å². The Bertz CT molecular complexity index is 1460. The third kappa shape index (κ3) is 8.58. The number of nitriles is 1. The monoisotopic (exact) mass is 588 g/mol. The molecule has 9 heteroatoms. The van der Waals surface area contributed by atoms with Crippen LogP contribution in [0.5, 0.6) is 0 Å². The van der Waals surface area contributed by atoms with Crippen molar-refractivity contribution in [1.29, 1.82) is 5.26 Å². The van der Waals surface area contributed by atoms with Gasteiger partial charge in [0.2, 0.25) is 5.91 Å². The number of para-hydroxylation sites is 1. The van der Waals surface area contributed by atoms with Gasteiger partial charge in [0.25, 0.3) is 5.91 Å². The molecule has 0 aliphatic rings. The smallest absolute Gasteiger partial charge is 0.408 e. The summed E-state index contributed by atoms with van der Waals surface area (Å²) in [5, 5.41) is 15.8. The average Bonchev–Trinajstić information content (AvgIpc) is 2.91. The molecule has 3 rings (SSSR count). The summed E-state index contributed by atoms with van der Waals surface area (Å²) in [5.74, 6) is -1.15. The summed E-state index contributed by atoms with van der Waals surface area (Å²) in [5.41, 5.74) is 3.31. The van der Waals surface area contributed by atoms with Crippen LogP contribution in [0.25, 0.3) is 0 Å². The Kier molecular flexibility index (Phi) is 10.7. The van der Waals surface area contributed by atoms with E-state index >= 15 is 0 Å².